The molecule has 7 heteroatoms. The van der Waals surface area contributed by atoms with Crippen LogP contribution in [0.5, 0.6) is 0 Å². The lowest BCUT2D eigenvalue weighted by molar-refractivity contribution is -0.129. The third kappa shape index (κ3) is 3.15. The van der Waals surface area contributed by atoms with Crippen LogP contribution in [0, 0.1) is 0 Å². The first-order chi connectivity index (χ1) is 11.2. The molecule has 2 aliphatic rings. The molecule has 2 aliphatic heterocycles. The minimum Gasteiger partial charge on any atom is -0.399 e. The van der Waals surface area contributed by atoms with Crippen molar-refractivity contribution in [3.8, 4) is 0 Å². The summed E-state index contributed by atoms with van der Waals surface area (Å²) in [5.74, 6) is 1.07. The predicted molar refractivity (Wildman–Crippen MR) is 94.4 cm³/mol. The standard InChI is InChI=1S/C17H26BN3O3/c1-13(22)20-8-10-21(11-9-20)15-7-6-14(12-19-15)18-23-16(2,3)17(4,5)24-18/h6-7,12H,8-11H2,1-5H3. The second-order valence-corrected chi connectivity index (χ2v) is 7.53. The molecule has 24 heavy (non-hydrogen) atoms. The van der Waals surface area contributed by atoms with Crippen LogP contribution in [0.1, 0.15) is 34.6 Å². The maximum Gasteiger partial charge on any atom is 0.496 e. The molecule has 0 unspecified atom stereocenters. The fourth-order valence-electron chi connectivity index (χ4n) is 2.95. The molecule has 3 heterocycles. The average Bonchev–Trinajstić information content (AvgIpc) is 2.76. The van der Waals surface area contributed by atoms with Gasteiger partial charge in [-0.1, -0.05) is 6.07 Å². The highest BCUT2D eigenvalue weighted by Gasteiger charge is 2.51. The van der Waals surface area contributed by atoms with Gasteiger partial charge in [0.05, 0.1) is 11.2 Å². The van der Waals surface area contributed by atoms with Gasteiger partial charge < -0.3 is 19.1 Å². The summed E-state index contributed by atoms with van der Waals surface area (Å²) < 4.78 is 12.1. The third-order valence-electron chi connectivity index (χ3n) is 5.35. The zero-order valence-electron chi connectivity index (χ0n) is 15.2. The minimum atomic E-state index is -0.383. The molecule has 0 radical (unpaired) electrons. The summed E-state index contributed by atoms with van der Waals surface area (Å²) in [7, 11) is -0.383. The van der Waals surface area contributed by atoms with Crippen LogP contribution in [0.3, 0.4) is 0 Å². The van der Waals surface area contributed by atoms with Crippen LogP contribution < -0.4 is 10.4 Å². The summed E-state index contributed by atoms with van der Waals surface area (Å²) in [5, 5.41) is 0. The maximum atomic E-state index is 11.4. The van der Waals surface area contributed by atoms with Crippen LogP contribution >= 0.6 is 0 Å². The second-order valence-electron chi connectivity index (χ2n) is 7.53. The molecule has 1 aromatic rings. The molecule has 0 aliphatic carbocycles. The number of anilines is 1. The third-order valence-corrected chi connectivity index (χ3v) is 5.35. The summed E-state index contributed by atoms with van der Waals surface area (Å²) in [6.07, 6.45) is 1.83. The Morgan fingerprint density at radius 3 is 2.12 bits per heavy atom. The van der Waals surface area contributed by atoms with Crippen molar-refractivity contribution in [1.82, 2.24) is 9.88 Å². The summed E-state index contributed by atoms with van der Waals surface area (Å²) in [6.45, 7) is 12.9. The van der Waals surface area contributed by atoms with Gasteiger partial charge >= 0.3 is 7.12 Å². The summed E-state index contributed by atoms with van der Waals surface area (Å²) >= 11 is 0. The van der Waals surface area contributed by atoms with Crippen molar-refractivity contribution in [3.63, 3.8) is 0 Å². The van der Waals surface area contributed by atoms with E-state index in [2.05, 4.69) is 9.88 Å². The molecule has 1 amide bonds. The van der Waals surface area contributed by atoms with Crippen molar-refractivity contribution in [2.45, 2.75) is 45.8 Å². The zero-order chi connectivity index (χ0) is 17.5. The van der Waals surface area contributed by atoms with Gasteiger partial charge in [-0.25, -0.2) is 4.98 Å². The smallest absolute Gasteiger partial charge is 0.399 e. The number of carbonyl (C=O) groups excluding carboxylic acids is 1. The molecule has 0 spiro atoms. The number of carbonyl (C=O) groups is 1. The monoisotopic (exact) mass is 331 g/mol. The molecule has 2 saturated heterocycles. The first-order valence-electron chi connectivity index (χ1n) is 8.52. The molecule has 1 aromatic heterocycles. The second kappa shape index (κ2) is 6.04. The molecule has 130 valence electrons. The predicted octanol–water partition coefficient (Wildman–Crippen LogP) is 1.05. The quantitative estimate of drug-likeness (QED) is 0.759. The van der Waals surface area contributed by atoms with Crippen LogP contribution in [0.15, 0.2) is 18.3 Å². The Kier molecular flexibility index (Phi) is 4.34. The largest absolute Gasteiger partial charge is 0.496 e. The number of hydrogen-bond donors (Lipinski definition) is 0. The molecule has 0 N–H and O–H groups in total. The van der Waals surface area contributed by atoms with E-state index >= 15 is 0 Å². The molecule has 0 saturated carbocycles. The van der Waals surface area contributed by atoms with Gasteiger partial charge in [0.15, 0.2) is 0 Å². The Balaban J connectivity index is 1.66. The van der Waals surface area contributed by atoms with E-state index < -0.39 is 0 Å². The van der Waals surface area contributed by atoms with Crippen LogP contribution in [-0.2, 0) is 14.1 Å². The summed E-state index contributed by atoms with van der Waals surface area (Å²) in [5.41, 5.74) is 0.235. The van der Waals surface area contributed by atoms with Crippen molar-refractivity contribution in [3.05, 3.63) is 18.3 Å². The molecule has 0 aromatic carbocycles. The fourth-order valence-corrected chi connectivity index (χ4v) is 2.95. The van der Waals surface area contributed by atoms with Gasteiger partial charge in [0.2, 0.25) is 5.91 Å². The number of piperazine rings is 1. The fraction of sp³-hybridized carbons (Fsp3) is 0.647. The summed E-state index contributed by atoms with van der Waals surface area (Å²) in [6, 6.07) is 4.02. The molecule has 0 bridgehead atoms. The average molecular weight is 331 g/mol. The zero-order valence-corrected chi connectivity index (χ0v) is 15.2. The van der Waals surface area contributed by atoms with E-state index in [1.807, 2.05) is 50.9 Å². The van der Waals surface area contributed by atoms with Gasteiger partial charge in [-0.15, -0.1) is 0 Å². The first kappa shape index (κ1) is 17.2. The van der Waals surface area contributed by atoms with Gasteiger partial charge in [-0.05, 0) is 33.8 Å². The van der Waals surface area contributed by atoms with E-state index in [1.54, 1.807) is 6.92 Å². The molecular formula is C17H26BN3O3. The number of aromatic nitrogens is 1. The highest BCUT2D eigenvalue weighted by molar-refractivity contribution is 6.62. The van der Waals surface area contributed by atoms with Crippen LogP contribution in [0.4, 0.5) is 5.82 Å². The number of hydrogen-bond acceptors (Lipinski definition) is 5. The highest BCUT2D eigenvalue weighted by Crippen LogP contribution is 2.36. The first-order valence-corrected chi connectivity index (χ1v) is 8.52. The van der Waals surface area contributed by atoms with Crippen molar-refractivity contribution >= 4 is 24.3 Å². The summed E-state index contributed by atoms with van der Waals surface area (Å²) in [4.78, 5) is 20.0. The Morgan fingerprint density at radius 1 is 1.08 bits per heavy atom. The molecule has 6 nitrogen and oxygen atoms in total. The van der Waals surface area contributed by atoms with Crippen LogP contribution in [0.25, 0.3) is 0 Å². The van der Waals surface area contributed by atoms with Crippen LogP contribution in [-0.4, -0.2) is 60.3 Å². The van der Waals surface area contributed by atoms with Crippen molar-refractivity contribution in [2.24, 2.45) is 0 Å². The van der Waals surface area contributed by atoms with Crippen LogP contribution in [0.2, 0.25) is 0 Å². The lowest BCUT2D eigenvalue weighted by Crippen LogP contribution is -2.48. The number of nitrogens with zero attached hydrogens (tertiary/aromatic N) is 3. The van der Waals surface area contributed by atoms with Gasteiger partial charge in [0.25, 0.3) is 0 Å². The van der Waals surface area contributed by atoms with Crippen molar-refractivity contribution in [2.75, 3.05) is 31.1 Å². The van der Waals surface area contributed by atoms with Gasteiger partial charge in [0, 0.05) is 44.8 Å². The normalized spacial score (nSPS) is 22.8. The Hall–Kier alpha value is -1.60. The Bertz CT molecular complexity index is 594. The SMILES string of the molecule is CC(=O)N1CCN(c2ccc(B3OC(C)(C)C(C)(C)O3)cn2)CC1. The maximum absolute atomic E-state index is 11.4. The Morgan fingerprint density at radius 2 is 1.67 bits per heavy atom. The van der Waals surface area contributed by atoms with E-state index in [0.717, 1.165) is 37.5 Å². The minimum absolute atomic E-state index is 0.138. The number of amides is 1. The van der Waals surface area contributed by atoms with E-state index in [-0.39, 0.29) is 24.2 Å². The topological polar surface area (TPSA) is 54.9 Å². The lowest BCUT2D eigenvalue weighted by atomic mass is 9.80. The Labute approximate surface area is 144 Å². The van der Waals surface area contributed by atoms with Gasteiger partial charge in [-0.2, -0.15) is 0 Å². The number of rotatable bonds is 2. The molecule has 3 rings (SSSR count). The van der Waals surface area contributed by atoms with E-state index in [1.165, 1.54) is 0 Å². The number of pyridine rings is 1. The molecule has 2 fully saturated rings. The van der Waals surface area contributed by atoms with Gasteiger partial charge in [0.1, 0.15) is 5.82 Å². The van der Waals surface area contributed by atoms with E-state index in [4.69, 9.17) is 9.31 Å². The van der Waals surface area contributed by atoms with Crippen molar-refractivity contribution in [1.29, 1.82) is 0 Å². The molecular weight excluding hydrogens is 305 g/mol. The van der Waals surface area contributed by atoms with Crippen molar-refractivity contribution < 1.29 is 14.1 Å². The van der Waals surface area contributed by atoms with Gasteiger partial charge in [-0.3, -0.25) is 4.79 Å². The highest BCUT2D eigenvalue weighted by atomic mass is 16.7. The lowest BCUT2D eigenvalue weighted by Gasteiger charge is -2.34. The van der Waals surface area contributed by atoms with E-state index in [0.29, 0.717) is 0 Å². The molecule has 0 atom stereocenters. The van der Waals surface area contributed by atoms with E-state index in [9.17, 15) is 4.79 Å².